The van der Waals surface area contributed by atoms with Crippen LogP contribution in [0, 0.1) is 0 Å². The van der Waals surface area contributed by atoms with Gasteiger partial charge in [0, 0.05) is 6.20 Å². The highest BCUT2D eigenvalue weighted by Crippen LogP contribution is 2.30. The molecule has 0 atom stereocenters. The van der Waals surface area contributed by atoms with Crippen molar-refractivity contribution in [2.24, 2.45) is 5.73 Å². The standard InChI is InChI=1S/C9H15N3/c10-5-4-8-6-11-12(7-8)9-2-1-3-9/h6-7,9H,1-5,10H2. The maximum absolute atomic E-state index is 5.46. The van der Waals surface area contributed by atoms with Crippen LogP contribution in [0.25, 0.3) is 0 Å². The molecule has 1 aliphatic rings. The Hall–Kier alpha value is -0.830. The SMILES string of the molecule is NCCc1cnn(C2CCC2)c1. The van der Waals surface area contributed by atoms with E-state index in [0.29, 0.717) is 6.04 Å². The van der Waals surface area contributed by atoms with Crippen molar-refractivity contribution < 1.29 is 0 Å². The molecule has 66 valence electrons. The molecule has 2 rings (SSSR count). The third-order valence-electron chi connectivity index (χ3n) is 2.54. The summed E-state index contributed by atoms with van der Waals surface area (Å²) in [5.74, 6) is 0. The second-order valence-electron chi connectivity index (χ2n) is 3.45. The van der Waals surface area contributed by atoms with Crippen molar-refractivity contribution in [3.8, 4) is 0 Å². The number of aromatic nitrogens is 2. The number of rotatable bonds is 3. The topological polar surface area (TPSA) is 43.8 Å². The van der Waals surface area contributed by atoms with Crippen molar-refractivity contribution in [2.75, 3.05) is 6.54 Å². The minimum absolute atomic E-state index is 0.677. The van der Waals surface area contributed by atoms with Gasteiger partial charge in [0.15, 0.2) is 0 Å². The number of hydrogen-bond acceptors (Lipinski definition) is 2. The molecular formula is C9H15N3. The van der Waals surface area contributed by atoms with Gasteiger partial charge in [0.2, 0.25) is 0 Å². The second-order valence-corrected chi connectivity index (χ2v) is 3.45. The monoisotopic (exact) mass is 165 g/mol. The molecule has 0 saturated heterocycles. The van der Waals surface area contributed by atoms with E-state index in [4.69, 9.17) is 5.73 Å². The highest BCUT2D eigenvalue weighted by Gasteiger charge is 2.19. The van der Waals surface area contributed by atoms with Gasteiger partial charge < -0.3 is 5.73 Å². The molecule has 12 heavy (non-hydrogen) atoms. The highest BCUT2D eigenvalue weighted by atomic mass is 15.3. The molecule has 1 saturated carbocycles. The van der Waals surface area contributed by atoms with Crippen LogP contribution in [-0.2, 0) is 6.42 Å². The lowest BCUT2D eigenvalue weighted by Crippen LogP contribution is -2.17. The normalized spacial score (nSPS) is 17.8. The molecule has 1 aromatic heterocycles. The van der Waals surface area contributed by atoms with Gasteiger partial charge in [0.1, 0.15) is 0 Å². The van der Waals surface area contributed by atoms with Crippen LogP contribution in [0.2, 0.25) is 0 Å². The van der Waals surface area contributed by atoms with Crippen LogP contribution < -0.4 is 5.73 Å². The Kier molecular flexibility index (Phi) is 2.13. The van der Waals surface area contributed by atoms with Crippen LogP contribution in [0.1, 0.15) is 30.9 Å². The molecule has 3 heteroatoms. The molecule has 0 unspecified atom stereocenters. The molecule has 0 spiro atoms. The Morgan fingerprint density at radius 2 is 2.42 bits per heavy atom. The molecular weight excluding hydrogens is 150 g/mol. The predicted octanol–water partition coefficient (Wildman–Crippen LogP) is 1.11. The highest BCUT2D eigenvalue weighted by molar-refractivity contribution is 5.05. The number of nitrogens with zero attached hydrogens (tertiary/aromatic N) is 2. The molecule has 1 aromatic rings. The van der Waals surface area contributed by atoms with Gasteiger partial charge in [-0.05, 0) is 37.8 Å². The lowest BCUT2D eigenvalue weighted by molar-refractivity contribution is 0.289. The van der Waals surface area contributed by atoms with E-state index < -0.39 is 0 Å². The lowest BCUT2D eigenvalue weighted by Gasteiger charge is -2.25. The zero-order valence-corrected chi connectivity index (χ0v) is 7.24. The summed E-state index contributed by atoms with van der Waals surface area (Å²) in [5, 5.41) is 4.32. The van der Waals surface area contributed by atoms with E-state index in [9.17, 15) is 0 Å². The van der Waals surface area contributed by atoms with Crippen molar-refractivity contribution in [2.45, 2.75) is 31.7 Å². The summed E-state index contributed by atoms with van der Waals surface area (Å²) in [7, 11) is 0. The first-order valence-corrected chi connectivity index (χ1v) is 4.63. The first kappa shape index (κ1) is 7.80. The van der Waals surface area contributed by atoms with Crippen molar-refractivity contribution in [3.05, 3.63) is 18.0 Å². The van der Waals surface area contributed by atoms with Crippen molar-refractivity contribution in [3.63, 3.8) is 0 Å². The fraction of sp³-hybridized carbons (Fsp3) is 0.667. The molecule has 0 bridgehead atoms. The third-order valence-corrected chi connectivity index (χ3v) is 2.54. The molecule has 1 heterocycles. The summed E-state index contributed by atoms with van der Waals surface area (Å²) in [5.41, 5.74) is 6.72. The van der Waals surface area contributed by atoms with E-state index in [0.717, 1.165) is 13.0 Å². The van der Waals surface area contributed by atoms with Crippen LogP contribution in [0.15, 0.2) is 12.4 Å². The first-order valence-electron chi connectivity index (χ1n) is 4.63. The summed E-state index contributed by atoms with van der Waals surface area (Å²) in [6.07, 6.45) is 8.97. The van der Waals surface area contributed by atoms with E-state index in [1.165, 1.54) is 24.8 Å². The van der Waals surface area contributed by atoms with Gasteiger partial charge in [-0.3, -0.25) is 4.68 Å². The van der Waals surface area contributed by atoms with Gasteiger partial charge in [-0.2, -0.15) is 5.10 Å². The smallest absolute Gasteiger partial charge is 0.0522 e. The summed E-state index contributed by atoms with van der Waals surface area (Å²) in [4.78, 5) is 0. The predicted molar refractivity (Wildman–Crippen MR) is 47.9 cm³/mol. The van der Waals surface area contributed by atoms with Crippen molar-refractivity contribution in [1.29, 1.82) is 0 Å². The minimum atomic E-state index is 0.677. The zero-order chi connectivity index (χ0) is 8.39. The fourth-order valence-electron chi connectivity index (χ4n) is 1.52. The van der Waals surface area contributed by atoms with Gasteiger partial charge >= 0.3 is 0 Å². The minimum Gasteiger partial charge on any atom is -0.330 e. The lowest BCUT2D eigenvalue weighted by atomic mass is 9.93. The Labute approximate surface area is 72.6 Å². The van der Waals surface area contributed by atoms with Gasteiger partial charge in [-0.15, -0.1) is 0 Å². The van der Waals surface area contributed by atoms with Crippen LogP contribution in [0.5, 0.6) is 0 Å². The molecule has 0 aliphatic heterocycles. The summed E-state index contributed by atoms with van der Waals surface area (Å²) in [6, 6.07) is 0.677. The van der Waals surface area contributed by atoms with Gasteiger partial charge in [-0.1, -0.05) is 0 Å². The third kappa shape index (κ3) is 1.37. The van der Waals surface area contributed by atoms with Gasteiger partial charge in [0.25, 0.3) is 0 Å². The fourth-order valence-corrected chi connectivity index (χ4v) is 1.52. The average Bonchev–Trinajstić information content (AvgIpc) is 2.34. The van der Waals surface area contributed by atoms with E-state index in [1.54, 1.807) is 0 Å². The zero-order valence-electron chi connectivity index (χ0n) is 7.24. The Morgan fingerprint density at radius 1 is 1.58 bits per heavy atom. The van der Waals surface area contributed by atoms with Crippen LogP contribution in [0.3, 0.4) is 0 Å². The molecule has 0 aromatic carbocycles. The largest absolute Gasteiger partial charge is 0.330 e. The quantitative estimate of drug-likeness (QED) is 0.729. The van der Waals surface area contributed by atoms with Gasteiger partial charge in [0.05, 0.1) is 12.2 Å². The first-order chi connectivity index (χ1) is 5.90. The Balaban J connectivity index is 2.02. The van der Waals surface area contributed by atoms with E-state index in [1.807, 2.05) is 6.20 Å². The number of nitrogens with two attached hydrogens (primary N) is 1. The van der Waals surface area contributed by atoms with Gasteiger partial charge in [-0.25, -0.2) is 0 Å². The molecule has 2 N–H and O–H groups in total. The second kappa shape index (κ2) is 3.27. The maximum Gasteiger partial charge on any atom is 0.0522 e. The van der Waals surface area contributed by atoms with Crippen LogP contribution >= 0.6 is 0 Å². The molecule has 1 aliphatic carbocycles. The average molecular weight is 165 g/mol. The summed E-state index contributed by atoms with van der Waals surface area (Å²) < 4.78 is 2.09. The molecule has 1 fully saturated rings. The summed E-state index contributed by atoms with van der Waals surface area (Å²) >= 11 is 0. The van der Waals surface area contributed by atoms with Crippen LogP contribution in [-0.4, -0.2) is 16.3 Å². The van der Waals surface area contributed by atoms with Crippen molar-refractivity contribution >= 4 is 0 Å². The Bertz CT molecular complexity index is 250. The van der Waals surface area contributed by atoms with Crippen molar-refractivity contribution in [1.82, 2.24) is 9.78 Å². The maximum atomic E-state index is 5.46. The molecule has 0 radical (unpaired) electrons. The van der Waals surface area contributed by atoms with E-state index in [-0.39, 0.29) is 0 Å². The van der Waals surface area contributed by atoms with Crippen LogP contribution in [0.4, 0.5) is 0 Å². The molecule has 3 nitrogen and oxygen atoms in total. The number of hydrogen-bond donors (Lipinski definition) is 1. The van der Waals surface area contributed by atoms with E-state index >= 15 is 0 Å². The Morgan fingerprint density at radius 3 is 3.00 bits per heavy atom. The van der Waals surface area contributed by atoms with E-state index in [2.05, 4.69) is 16.0 Å². The summed E-state index contributed by atoms with van der Waals surface area (Å²) in [6.45, 7) is 0.719. The molecule has 0 amide bonds.